The van der Waals surface area contributed by atoms with Crippen LogP contribution in [-0.2, 0) is 11.3 Å². The van der Waals surface area contributed by atoms with Crippen molar-refractivity contribution >= 4 is 0 Å². The standard InChI is InChI=1S/C14H21NO4/c1-18-12-2-3-13(17)11(8-12)9-15-14(10-16)4-6-19-7-5-14/h2-3,8,15-17H,4-7,9-10H2,1H3. The van der Waals surface area contributed by atoms with E-state index in [1.165, 1.54) is 0 Å². The molecule has 106 valence electrons. The zero-order valence-electron chi connectivity index (χ0n) is 11.2. The first kappa shape index (κ1) is 14.1. The monoisotopic (exact) mass is 267 g/mol. The fourth-order valence-electron chi connectivity index (χ4n) is 2.27. The summed E-state index contributed by atoms with van der Waals surface area (Å²) >= 11 is 0. The summed E-state index contributed by atoms with van der Waals surface area (Å²) in [5, 5.41) is 22.8. The predicted octanol–water partition coefficient (Wildman–Crippen LogP) is 1.03. The first-order chi connectivity index (χ1) is 9.19. The summed E-state index contributed by atoms with van der Waals surface area (Å²) in [5.74, 6) is 0.938. The third kappa shape index (κ3) is 3.37. The van der Waals surface area contributed by atoms with E-state index in [2.05, 4.69) is 5.32 Å². The number of nitrogens with one attached hydrogen (secondary N) is 1. The Balaban J connectivity index is 2.04. The third-order valence-electron chi connectivity index (χ3n) is 3.69. The lowest BCUT2D eigenvalue weighted by molar-refractivity contribution is 0.0111. The Bertz CT molecular complexity index is 416. The fourth-order valence-corrected chi connectivity index (χ4v) is 2.27. The molecular weight excluding hydrogens is 246 g/mol. The Labute approximate surface area is 113 Å². The van der Waals surface area contributed by atoms with Gasteiger partial charge in [0.05, 0.1) is 13.7 Å². The van der Waals surface area contributed by atoms with Gasteiger partial charge in [0, 0.05) is 30.9 Å². The highest BCUT2D eigenvalue weighted by atomic mass is 16.5. The SMILES string of the molecule is COc1ccc(O)c(CNC2(CO)CCOCC2)c1. The van der Waals surface area contributed by atoms with E-state index >= 15 is 0 Å². The molecule has 1 aliphatic heterocycles. The second-order valence-electron chi connectivity index (χ2n) is 4.90. The maximum atomic E-state index is 9.83. The van der Waals surface area contributed by atoms with Crippen LogP contribution in [0.1, 0.15) is 18.4 Å². The lowest BCUT2D eigenvalue weighted by Gasteiger charge is -2.36. The first-order valence-corrected chi connectivity index (χ1v) is 6.49. The van der Waals surface area contributed by atoms with Gasteiger partial charge < -0.3 is 25.0 Å². The van der Waals surface area contributed by atoms with Gasteiger partial charge in [0.2, 0.25) is 0 Å². The number of aromatic hydroxyl groups is 1. The molecule has 19 heavy (non-hydrogen) atoms. The molecule has 0 aromatic heterocycles. The van der Waals surface area contributed by atoms with Crippen LogP contribution in [0.3, 0.4) is 0 Å². The lowest BCUT2D eigenvalue weighted by Crippen LogP contribution is -2.51. The highest BCUT2D eigenvalue weighted by Gasteiger charge is 2.31. The normalized spacial score (nSPS) is 18.2. The van der Waals surface area contributed by atoms with Gasteiger partial charge in [0.1, 0.15) is 11.5 Å². The molecule has 5 nitrogen and oxygen atoms in total. The highest BCUT2D eigenvalue weighted by Crippen LogP contribution is 2.25. The van der Waals surface area contributed by atoms with Crippen LogP contribution in [0.2, 0.25) is 0 Å². The maximum absolute atomic E-state index is 9.83. The molecule has 0 spiro atoms. The van der Waals surface area contributed by atoms with Crippen molar-refractivity contribution in [2.45, 2.75) is 24.9 Å². The highest BCUT2D eigenvalue weighted by molar-refractivity contribution is 5.39. The van der Waals surface area contributed by atoms with Crippen molar-refractivity contribution < 1.29 is 19.7 Å². The number of aliphatic hydroxyl groups excluding tert-OH is 1. The minimum Gasteiger partial charge on any atom is -0.508 e. The summed E-state index contributed by atoms with van der Waals surface area (Å²) in [7, 11) is 1.59. The number of benzene rings is 1. The van der Waals surface area contributed by atoms with E-state index < -0.39 is 0 Å². The average Bonchev–Trinajstić information content (AvgIpc) is 2.47. The second-order valence-corrected chi connectivity index (χ2v) is 4.90. The molecule has 0 bridgehead atoms. The van der Waals surface area contributed by atoms with Gasteiger partial charge in [-0.25, -0.2) is 0 Å². The predicted molar refractivity (Wildman–Crippen MR) is 71.4 cm³/mol. The van der Waals surface area contributed by atoms with Crippen LogP contribution in [0.5, 0.6) is 11.5 Å². The largest absolute Gasteiger partial charge is 0.508 e. The van der Waals surface area contributed by atoms with Crippen molar-refractivity contribution in [3.05, 3.63) is 23.8 Å². The van der Waals surface area contributed by atoms with E-state index in [-0.39, 0.29) is 17.9 Å². The molecule has 0 amide bonds. The first-order valence-electron chi connectivity index (χ1n) is 6.49. The molecule has 1 aromatic carbocycles. The van der Waals surface area contributed by atoms with Crippen molar-refractivity contribution in [1.29, 1.82) is 0 Å². The Morgan fingerprint density at radius 3 is 2.74 bits per heavy atom. The minimum atomic E-state index is -0.312. The summed E-state index contributed by atoms with van der Waals surface area (Å²) in [5.41, 5.74) is 0.451. The summed E-state index contributed by atoms with van der Waals surface area (Å²) in [6.45, 7) is 1.86. The Morgan fingerprint density at radius 2 is 2.11 bits per heavy atom. The topological polar surface area (TPSA) is 71.0 Å². The molecule has 1 saturated heterocycles. The van der Waals surface area contributed by atoms with Crippen LogP contribution in [0.25, 0.3) is 0 Å². The van der Waals surface area contributed by atoms with Crippen molar-refractivity contribution in [2.24, 2.45) is 0 Å². The van der Waals surface area contributed by atoms with Crippen LogP contribution in [0.4, 0.5) is 0 Å². The zero-order chi connectivity index (χ0) is 13.7. The van der Waals surface area contributed by atoms with Gasteiger partial charge in [-0.3, -0.25) is 0 Å². The van der Waals surface area contributed by atoms with Gasteiger partial charge in [0.15, 0.2) is 0 Å². The quantitative estimate of drug-likeness (QED) is 0.743. The van der Waals surface area contributed by atoms with Gasteiger partial charge in [-0.15, -0.1) is 0 Å². The van der Waals surface area contributed by atoms with Crippen LogP contribution >= 0.6 is 0 Å². The number of methoxy groups -OCH3 is 1. The molecule has 1 heterocycles. The van der Waals surface area contributed by atoms with Crippen molar-refractivity contribution in [3.63, 3.8) is 0 Å². The molecule has 0 unspecified atom stereocenters. The number of hydrogen-bond acceptors (Lipinski definition) is 5. The van der Waals surface area contributed by atoms with Crippen molar-refractivity contribution in [3.8, 4) is 11.5 Å². The van der Waals surface area contributed by atoms with Crippen molar-refractivity contribution in [1.82, 2.24) is 5.32 Å². The molecule has 1 fully saturated rings. The maximum Gasteiger partial charge on any atom is 0.120 e. The number of ether oxygens (including phenoxy) is 2. The Morgan fingerprint density at radius 1 is 1.37 bits per heavy atom. The minimum absolute atomic E-state index is 0.0705. The van der Waals surface area contributed by atoms with E-state index in [9.17, 15) is 10.2 Å². The average molecular weight is 267 g/mol. The third-order valence-corrected chi connectivity index (χ3v) is 3.69. The van der Waals surface area contributed by atoms with Gasteiger partial charge in [-0.2, -0.15) is 0 Å². The van der Waals surface area contributed by atoms with Crippen molar-refractivity contribution in [2.75, 3.05) is 26.9 Å². The number of hydrogen-bond donors (Lipinski definition) is 3. The van der Waals surface area contributed by atoms with E-state index in [0.29, 0.717) is 25.5 Å². The molecule has 1 aliphatic rings. The van der Waals surface area contributed by atoms with Gasteiger partial charge in [-0.05, 0) is 31.0 Å². The molecule has 2 rings (SSSR count). The summed E-state index contributed by atoms with van der Waals surface area (Å²) < 4.78 is 10.5. The van der Waals surface area contributed by atoms with Gasteiger partial charge in [-0.1, -0.05) is 0 Å². The number of rotatable bonds is 5. The number of phenols is 1. The van der Waals surface area contributed by atoms with Crippen LogP contribution < -0.4 is 10.1 Å². The van der Waals surface area contributed by atoms with E-state index in [1.54, 1.807) is 25.3 Å². The molecule has 0 radical (unpaired) electrons. The van der Waals surface area contributed by atoms with E-state index in [4.69, 9.17) is 9.47 Å². The second kappa shape index (κ2) is 6.23. The van der Waals surface area contributed by atoms with Crippen LogP contribution in [0, 0.1) is 0 Å². The van der Waals surface area contributed by atoms with E-state index in [0.717, 1.165) is 18.4 Å². The smallest absolute Gasteiger partial charge is 0.120 e. The number of aliphatic hydroxyl groups is 1. The Kier molecular flexibility index (Phi) is 4.63. The molecule has 5 heteroatoms. The molecule has 1 aromatic rings. The molecule has 0 aliphatic carbocycles. The fraction of sp³-hybridized carbons (Fsp3) is 0.571. The van der Waals surface area contributed by atoms with Gasteiger partial charge in [0.25, 0.3) is 0 Å². The summed E-state index contributed by atoms with van der Waals surface area (Å²) in [6.07, 6.45) is 1.54. The lowest BCUT2D eigenvalue weighted by atomic mass is 9.90. The summed E-state index contributed by atoms with van der Waals surface area (Å²) in [4.78, 5) is 0. The Hall–Kier alpha value is -1.30. The molecule has 0 atom stereocenters. The molecule has 3 N–H and O–H groups in total. The van der Waals surface area contributed by atoms with Crippen LogP contribution in [0.15, 0.2) is 18.2 Å². The summed E-state index contributed by atoms with van der Waals surface area (Å²) in [6, 6.07) is 5.13. The molecular formula is C14H21NO4. The number of phenolic OH excluding ortho intramolecular Hbond substituents is 1. The zero-order valence-corrected chi connectivity index (χ0v) is 11.2. The van der Waals surface area contributed by atoms with E-state index in [1.807, 2.05) is 0 Å². The van der Waals surface area contributed by atoms with Crippen LogP contribution in [-0.4, -0.2) is 42.7 Å². The molecule has 0 saturated carbocycles. The van der Waals surface area contributed by atoms with Gasteiger partial charge >= 0.3 is 0 Å².